The second-order valence-corrected chi connectivity index (χ2v) is 7.04. The van der Waals surface area contributed by atoms with Gasteiger partial charge in [0.25, 0.3) is 0 Å². The summed E-state index contributed by atoms with van der Waals surface area (Å²) in [5.74, 6) is 2.81. The molecule has 1 fully saturated rings. The minimum Gasteiger partial charge on any atom is -0.497 e. The van der Waals surface area contributed by atoms with Crippen LogP contribution in [0.15, 0.2) is 47.0 Å². The lowest BCUT2D eigenvalue weighted by molar-refractivity contribution is -0.128. The van der Waals surface area contributed by atoms with Gasteiger partial charge in [-0.15, -0.1) is 0 Å². The molecule has 8 heteroatoms. The van der Waals surface area contributed by atoms with Gasteiger partial charge in [-0.1, -0.05) is 23.4 Å². The van der Waals surface area contributed by atoms with Crippen LogP contribution in [-0.2, 0) is 11.3 Å². The van der Waals surface area contributed by atoms with E-state index in [-0.39, 0.29) is 11.8 Å². The highest BCUT2D eigenvalue weighted by atomic mass is 16.5. The Labute approximate surface area is 174 Å². The van der Waals surface area contributed by atoms with E-state index in [0.717, 1.165) is 16.9 Å². The summed E-state index contributed by atoms with van der Waals surface area (Å²) >= 11 is 0. The Kier molecular flexibility index (Phi) is 5.56. The van der Waals surface area contributed by atoms with Crippen molar-refractivity contribution in [1.82, 2.24) is 15.0 Å². The third-order valence-electron chi connectivity index (χ3n) is 5.17. The predicted molar refractivity (Wildman–Crippen MR) is 109 cm³/mol. The Hall–Kier alpha value is -3.55. The van der Waals surface area contributed by atoms with Gasteiger partial charge >= 0.3 is 0 Å². The van der Waals surface area contributed by atoms with Crippen molar-refractivity contribution < 1.29 is 23.5 Å². The van der Waals surface area contributed by atoms with Crippen LogP contribution in [-0.4, -0.2) is 48.8 Å². The summed E-state index contributed by atoms with van der Waals surface area (Å²) in [6, 6.07) is 13.1. The van der Waals surface area contributed by atoms with Crippen LogP contribution < -0.4 is 14.2 Å². The van der Waals surface area contributed by atoms with Gasteiger partial charge in [0.05, 0.1) is 27.2 Å². The smallest absolute Gasteiger partial charge is 0.232 e. The van der Waals surface area contributed by atoms with Gasteiger partial charge in [-0.3, -0.25) is 4.79 Å². The number of methoxy groups -OCH3 is 3. The molecule has 2 heterocycles. The van der Waals surface area contributed by atoms with E-state index in [4.69, 9.17) is 18.7 Å². The van der Waals surface area contributed by atoms with Crippen LogP contribution in [0.1, 0.15) is 23.8 Å². The number of nitrogens with zero attached hydrogens (tertiary/aromatic N) is 3. The van der Waals surface area contributed by atoms with E-state index in [9.17, 15) is 4.79 Å². The van der Waals surface area contributed by atoms with Crippen LogP contribution in [0.3, 0.4) is 0 Å². The molecule has 1 amide bonds. The fourth-order valence-electron chi connectivity index (χ4n) is 3.58. The van der Waals surface area contributed by atoms with E-state index in [0.29, 0.717) is 42.7 Å². The maximum atomic E-state index is 12.6. The summed E-state index contributed by atoms with van der Waals surface area (Å²) in [4.78, 5) is 18.9. The molecule has 30 heavy (non-hydrogen) atoms. The summed E-state index contributed by atoms with van der Waals surface area (Å²) in [7, 11) is 4.79. The Morgan fingerprint density at radius 1 is 1.07 bits per heavy atom. The van der Waals surface area contributed by atoms with Crippen LogP contribution in [0, 0.1) is 0 Å². The Balaban J connectivity index is 1.51. The summed E-state index contributed by atoms with van der Waals surface area (Å²) in [5.41, 5.74) is 1.68. The normalized spacial score (nSPS) is 16.0. The zero-order valence-corrected chi connectivity index (χ0v) is 17.1. The van der Waals surface area contributed by atoms with E-state index >= 15 is 0 Å². The first-order valence-electron chi connectivity index (χ1n) is 9.58. The zero-order chi connectivity index (χ0) is 21.1. The average Bonchev–Trinajstić information content (AvgIpc) is 3.41. The number of likely N-dealkylation sites (tertiary alicyclic amines) is 1. The molecule has 2 aromatic carbocycles. The maximum absolute atomic E-state index is 12.6. The summed E-state index contributed by atoms with van der Waals surface area (Å²) in [6.07, 6.45) is 0.332. The Morgan fingerprint density at radius 3 is 2.50 bits per heavy atom. The third-order valence-corrected chi connectivity index (χ3v) is 5.17. The fourth-order valence-corrected chi connectivity index (χ4v) is 3.58. The van der Waals surface area contributed by atoms with Gasteiger partial charge in [-0.2, -0.15) is 4.98 Å². The van der Waals surface area contributed by atoms with Crippen LogP contribution >= 0.6 is 0 Å². The minimum absolute atomic E-state index is 0.0497. The maximum Gasteiger partial charge on any atom is 0.232 e. The summed E-state index contributed by atoms with van der Waals surface area (Å²) < 4.78 is 21.5. The molecule has 156 valence electrons. The molecule has 0 radical (unpaired) electrons. The number of hydrogen-bond acceptors (Lipinski definition) is 7. The molecule has 4 rings (SSSR count). The van der Waals surface area contributed by atoms with Crippen molar-refractivity contribution in [3.8, 4) is 28.6 Å². The second kappa shape index (κ2) is 8.44. The lowest BCUT2D eigenvalue weighted by Gasteiger charge is -2.17. The van der Waals surface area contributed by atoms with Gasteiger partial charge in [-0.05, 0) is 18.2 Å². The highest BCUT2D eigenvalue weighted by Gasteiger charge is 2.34. The molecule has 0 bridgehead atoms. The molecule has 1 unspecified atom stereocenters. The Morgan fingerprint density at radius 2 is 1.80 bits per heavy atom. The molecule has 1 saturated heterocycles. The molecule has 0 N–H and O–H groups in total. The van der Waals surface area contributed by atoms with Crippen molar-refractivity contribution in [1.29, 1.82) is 0 Å². The number of para-hydroxylation sites is 1. The van der Waals surface area contributed by atoms with Gasteiger partial charge < -0.3 is 23.6 Å². The lowest BCUT2D eigenvalue weighted by atomic mass is 10.1. The van der Waals surface area contributed by atoms with E-state index in [1.165, 1.54) is 0 Å². The molecular formula is C22H23N3O5. The molecule has 0 aliphatic carbocycles. The first kappa shape index (κ1) is 19.8. The number of aromatic nitrogens is 2. The van der Waals surface area contributed by atoms with Crippen LogP contribution in [0.5, 0.6) is 17.2 Å². The summed E-state index contributed by atoms with van der Waals surface area (Å²) in [5, 5.41) is 4.10. The molecule has 1 aromatic heterocycles. The molecule has 0 spiro atoms. The first-order valence-corrected chi connectivity index (χ1v) is 9.58. The number of hydrogen-bond donors (Lipinski definition) is 0. The fraction of sp³-hybridized carbons (Fsp3) is 0.318. The highest BCUT2D eigenvalue weighted by molar-refractivity contribution is 5.79. The molecule has 1 aliphatic rings. The van der Waals surface area contributed by atoms with Gasteiger partial charge in [-0.25, -0.2) is 0 Å². The zero-order valence-electron chi connectivity index (χ0n) is 17.1. The molecule has 1 atom stereocenters. The van der Waals surface area contributed by atoms with Gasteiger partial charge in [0.2, 0.25) is 17.6 Å². The van der Waals surface area contributed by atoms with Crippen molar-refractivity contribution in [2.24, 2.45) is 0 Å². The minimum atomic E-state index is -0.152. The van der Waals surface area contributed by atoms with Crippen LogP contribution in [0.25, 0.3) is 11.4 Å². The quantitative estimate of drug-likeness (QED) is 0.592. The third kappa shape index (κ3) is 3.94. The van der Waals surface area contributed by atoms with E-state index < -0.39 is 0 Å². The van der Waals surface area contributed by atoms with E-state index in [1.807, 2.05) is 36.4 Å². The predicted octanol–water partition coefficient (Wildman–Crippen LogP) is 3.28. The van der Waals surface area contributed by atoms with E-state index in [1.54, 1.807) is 32.3 Å². The van der Waals surface area contributed by atoms with Gasteiger partial charge in [0.15, 0.2) is 0 Å². The number of rotatable bonds is 7. The van der Waals surface area contributed by atoms with Crippen LogP contribution in [0.2, 0.25) is 0 Å². The highest BCUT2D eigenvalue weighted by Crippen LogP contribution is 2.32. The molecule has 3 aromatic rings. The number of carbonyl (C=O) groups is 1. The summed E-state index contributed by atoms with van der Waals surface area (Å²) in [6.45, 7) is 0.993. The van der Waals surface area contributed by atoms with Crippen molar-refractivity contribution in [2.75, 3.05) is 27.9 Å². The monoisotopic (exact) mass is 409 g/mol. The Bertz CT molecular complexity index is 1030. The standard InChI is InChI=1S/C22H23N3O5/c1-27-17-8-15(9-18(11-17)28-2)21-23-22(30-24-21)16-10-20(26)25(13-16)12-14-6-4-5-7-19(14)29-3/h4-9,11,16H,10,12-13H2,1-3H3. The van der Waals surface area contributed by atoms with E-state index in [2.05, 4.69) is 10.1 Å². The first-order chi connectivity index (χ1) is 14.6. The van der Waals surface area contributed by atoms with Crippen molar-refractivity contribution in [2.45, 2.75) is 18.9 Å². The van der Waals surface area contributed by atoms with Crippen molar-refractivity contribution in [3.05, 3.63) is 53.9 Å². The second-order valence-electron chi connectivity index (χ2n) is 7.04. The number of ether oxygens (including phenoxy) is 3. The number of carbonyl (C=O) groups excluding carboxylic acids is 1. The largest absolute Gasteiger partial charge is 0.497 e. The molecule has 1 aliphatic heterocycles. The topological polar surface area (TPSA) is 86.9 Å². The number of benzene rings is 2. The SMILES string of the molecule is COc1cc(OC)cc(-c2noc(C3CC(=O)N(Cc4ccccc4OC)C3)n2)c1. The lowest BCUT2D eigenvalue weighted by Crippen LogP contribution is -2.24. The van der Waals surface area contributed by atoms with Gasteiger partial charge in [0, 0.05) is 36.7 Å². The molecule has 8 nitrogen and oxygen atoms in total. The average molecular weight is 409 g/mol. The molecular weight excluding hydrogens is 386 g/mol. The molecule has 0 saturated carbocycles. The van der Waals surface area contributed by atoms with Gasteiger partial charge in [0.1, 0.15) is 17.2 Å². The van der Waals surface area contributed by atoms with Crippen LogP contribution in [0.4, 0.5) is 0 Å². The number of amides is 1. The van der Waals surface area contributed by atoms with Crippen molar-refractivity contribution in [3.63, 3.8) is 0 Å². The van der Waals surface area contributed by atoms with Crippen molar-refractivity contribution >= 4 is 5.91 Å².